The van der Waals surface area contributed by atoms with Gasteiger partial charge in [-0.05, 0) is 25.0 Å². The van der Waals surface area contributed by atoms with Crippen LogP contribution >= 0.6 is 0 Å². The summed E-state index contributed by atoms with van der Waals surface area (Å²) in [4.78, 5) is 16.5. The van der Waals surface area contributed by atoms with E-state index in [2.05, 4.69) is 4.98 Å². The highest BCUT2D eigenvalue weighted by Gasteiger charge is 2.32. The lowest BCUT2D eigenvalue weighted by molar-refractivity contribution is 0.0875. The lowest BCUT2D eigenvalue weighted by Gasteiger charge is -2.30. The maximum absolute atomic E-state index is 12.5. The van der Waals surface area contributed by atoms with Gasteiger partial charge in [-0.15, -0.1) is 0 Å². The number of hydrogen-bond donors (Lipinski definition) is 0. The molecule has 2 aromatic rings. The number of nitrogens with zero attached hydrogens (tertiary/aromatic N) is 2. The highest BCUT2D eigenvalue weighted by molar-refractivity contribution is 7.89. The fourth-order valence-corrected chi connectivity index (χ4v) is 4.28. The van der Waals surface area contributed by atoms with Gasteiger partial charge in [-0.25, -0.2) is 8.42 Å². The predicted octanol–water partition coefficient (Wildman–Crippen LogP) is 2.37. The van der Waals surface area contributed by atoms with Crippen molar-refractivity contribution in [1.82, 2.24) is 9.29 Å². The second kappa shape index (κ2) is 6.60. The molecule has 23 heavy (non-hydrogen) atoms. The number of rotatable bonds is 4. The fourth-order valence-electron chi connectivity index (χ4n) is 2.85. The molecule has 0 spiro atoms. The number of Topliss-reactive ketones (excluding diaryl/α,β-unsaturated/α-hetero) is 1. The van der Waals surface area contributed by atoms with Crippen molar-refractivity contribution in [3.63, 3.8) is 0 Å². The minimum absolute atomic E-state index is 0.101. The van der Waals surface area contributed by atoms with E-state index in [-0.39, 0.29) is 16.6 Å². The van der Waals surface area contributed by atoms with Crippen LogP contribution in [0.4, 0.5) is 0 Å². The molecule has 1 aromatic carbocycles. The second-order valence-electron chi connectivity index (χ2n) is 5.60. The summed E-state index contributed by atoms with van der Waals surface area (Å²) in [6, 6.07) is 12.3. The normalized spacial score (nSPS) is 17.0. The van der Waals surface area contributed by atoms with Gasteiger partial charge >= 0.3 is 0 Å². The van der Waals surface area contributed by atoms with E-state index in [0.717, 1.165) is 0 Å². The van der Waals surface area contributed by atoms with Crippen molar-refractivity contribution in [1.29, 1.82) is 0 Å². The molecule has 0 bridgehead atoms. The Morgan fingerprint density at radius 2 is 1.74 bits per heavy atom. The first-order valence-electron chi connectivity index (χ1n) is 7.58. The largest absolute Gasteiger partial charge is 0.294 e. The third-order valence-corrected chi connectivity index (χ3v) is 6.04. The molecule has 0 radical (unpaired) electrons. The zero-order valence-corrected chi connectivity index (χ0v) is 13.4. The molecule has 6 heteroatoms. The molecule has 0 atom stereocenters. The van der Waals surface area contributed by atoms with Crippen LogP contribution in [0.1, 0.15) is 23.2 Å². The maximum Gasteiger partial charge on any atom is 0.244 e. The lowest BCUT2D eigenvalue weighted by Crippen LogP contribution is -2.40. The molecule has 3 rings (SSSR count). The van der Waals surface area contributed by atoms with E-state index >= 15 is 0 Å². The zero-order valence-electron chi connectivity index (χ0n) is 12.6. The topological polar surface area (TPSA) is 67.3 Å². The molecule has 1 aliphatic heterocycles. The Morgan fingerprint density at radius 1 is 1.04 bits per heavy atom. The summed E-state index contributed by atoms with van der Waals surface area (Å²) in [6.07, 6.45) is 4.00. The molecule has 1 aliphatic rings. The van der Waals surface area contributed by atoms with Crippen molar-refractivity contribution < 1.29 is 13.2 Å². The van der Waals surface area contributed by atoms with Crippen molar-refractivity contribution in [3.05, 3.63) is 60.4 Å². The Balaban J connectivity index is 1.68. The number of ketones is 1. The highest BCUT2D eigenvalue weighted by Crippen LogP contribution is 2.25. The monoisotopic (exact) mass is 330 g/mol. The predicted molar refractivity (Wildman–Crippen MR) is 86.5 cm³/mol. The summed E-state index contributed by atoms with van der Waals surface area (Å²) >= 11 is 0. The number of pyridine rings is 1. The van der Waals surface area contributed by atoms with Gasteiger partial charge in [-0.3, -0.25) is 9.78 Å². The van der Waals surface area contributed by atoms with Crippen molar-refractivity contribution in [3.8, 4) is 0 Å². The standard InChI is InChI=1S/C17H18N2O3S/c20-17(14-5-2-1-3-6-14)15-8-11-19(12-9-15)23(21,22)16-7-4-10-18-13-16/h1-7,10,13,15H,8-9,11-12H2. The third kappa shape index (κ3) is 3.33. The number of hydrogen-bond acceptors (Lipinski definition) is 4. The minimum atomic E-state index is -3.52. The average molecular weight is 330 g/mol. The Morgan fingerprint density at radius 3 is 2.35 bits per heavy atom. The van der Waals surface area contributed by atoms with Gasteiger partial charge < -0.3 is 0 Å². The van der Waals surface area contributed by atoms with Gasteiger partial charge in [0.2, 0.25) is 10.0 Å². The smallest absolute Gasteiger partial charge is 0.244 e. The lowest BCUT2D eigenvalue weighted by atomic mass is 9.90. The molecule has 0 aliphatic carbocycles. The van der Waals surface area contributed by atoms with Crippen LogP contribution < -0.4 is 0 Å². The van der Waals surface area contributed by atoms with Gasteiger partial charge in [0.25, 0.3) is 0 Å². The molecule has 5 nitrogen and oxygen atoms in total. The summed E-state index contributed by atoms with van der Waals surface area (Å²) in [5.74, 6) is -0.0122. The molecule has 0 unspecified atom stereocenters. The summed E-state index contributed by atoms with van der Waals surface area (Å²) in [5.41, 5.74) is 0.695. The third-order valence-electron chi connectivity index (χ3n) is 4.16. The Labute approximate surface area is 136 Å². The first-order valence-corrected chi connectivity index (χ1v) is 9.02. The van der Waals surface area contributed by atoms with Crippen molar-refractivity contribution in [2.24, 2.45) is 5.92 Å². The zero-order chi connectivity index (χ0) is 16.3. The van der Waals surface area contributed by atoms with Gasteiger partial charge in [-0.1, -0.05) is 30.3 Å². The van der Waals surface area contributed by atoms with E-state index in [9.17, 15) is 13.2 Å². The second-order valence-corrected chi connectivity index (χ2v) is 7.54. The number of sulfonamides is 1. The molecule has 0 saturated carbocycles. The van der Waals surface area contributed by atoms with E-state index < -0.39 is 10.0 Å². The summed E-state index contributed by atoms with van der Waals surface area (Å²) in [7, 11) is -3.52. The highest BCUT2D eigenvalue weighted by atomic mass is 32.2. The van der Waals surface area contributed by atoms with Crippen LogP contribution in [0.2, 0.25) is 0 Å². The molecule has 0 N–H and O–H groups in total. The number of benzene rings is 1. The van der Waals surface area contributed by atoms with Crippen LogP contribution in [0.15, 0.2) is 59.8 Å². The Hall–Kier alpha value is -2.05. The first-order chi connectivity index (χ1) is 11.1. The van der Waals surface area contributed by atoms with Crippen LogP contribution in [0.5, 0.6) is 0 Å². The minimum Gasteiger partial charge on any atom is -0.294 e. The SMILES string of the molecule is O=C(c1ccccc1)C1CCN(S(=O)(=O)c2cccnc2)CC1. The van der Waals surface area contributed by atoms with Crippen LogP contribution in [0.3, 0.4) is 0 Å². The Bertz CT molecular complexity index is 768. The van der Waals surface area contributed by atoms with Crippen LogP contribution in [0, 0.1) is 5.92 Å². The summed E-state index contributed by atoms with van der Waals surface area (Å²) in [6.45, 7) is 0.723. The number of piperidine rings is 1. The molecular weight excluding hydrogens is 312 g/mol. The van der Waals surface area contributed by atoms with Gasteiger partial charge in [0.15, 0.2) is 5.78 Å². The van der Waals surface area contributed by atoms with Crippen LogP contribution in [-0.4, -0.2) is 36.6 Å². The number of aromatic nitrogens is 1. The Kier molecular flexibility index (Phi) is 4.54. The van der Waals surface area contributed by atoms with E-state index in [4.69, 9.17) is 0 Å². The van der Waals surface area contributed by atoms with Crippen LogP contribution in [0.25, 0.3) is 0 Å². The molecule has 1 saturated heterocycles. The van der Waals surface area contributed by atoms with Crippen molar-refractivity contribution in [2.75, 3.05) is 13.1 Å². The number of carbonyl (C=O) groups excluding carboxylic acids is 1. The van der Waals surface area contributed by atoms with Gasteiger partial charge in [-0.2, -0.15) is 4.31 Å². The van der Waals surface area contributed by atoms with E-state index in [1.54, 1.807) is 30.5 Å². The van der Waals surface area contributed by atoms with Gasteiger partial charge in [0.1, 0.15) is 4.90 Å². The number of carbonyl (C=O) groups is 1. The quantitative estimate of drug-likeness (QED) is 0.807. The van der Waals surface area contributed by atoms with Crippen molar-refractivity contribution in [2.45, 2.75) is 17.7 Å². The van der Waals surface area contributed by atoms with E-state index in [0.29, 0.717) is 31.5 Å². The van der Waals surface area contributed by atoms with Gasteiger partial charge in [0, 0.05) is 37.0 Å². The summed E-state index contributed by atoms with van der Waals surface area (Å²) < 4.78 is 26.5. The summed E-state index contributed by atoms with van der Waals surface area (Å²) in [5, 5.41) is 0. The van der Waals surface area contributed by atoms with Crippen LogP contribution in [-0.2, 0) is 10.0 Å². The first kappa shape index (κ1) is 15.8. The molecule has 1 aromatic heterocycles. The van der Waals surface area contributed by atoms with Gasteiger partial charge in [0.05, 0.1) is 0 Å². The average Bonchev–Trinajstić information content (AvgIpc) is 2.63. The van der Waals surface area contributed by atoms with E-state index in [1.807, 2.05) is 18.2 Å². The molecule has 120 valence electrons. The fraction of sp³-hybridized carbons (Fsp3) is 0.294. The molecular formula is C17H18N2O3S. The molecule has 2 heterocycles. The molecule has 1 fully saturated rings. The van der Waals surface area contributed by atoms with E-state index in [1.165, 1.54) is 10.5 Å². The molecule has 0 amide bonds. The van der Waals surface area contributed by atoms with Crippen molar-refractivity contribution >= 4 is 15.8 Å². The maximum atomic E-state index is 12.5.